The van der Waals surface area contributed by atoms with Crippen LogP contribution in [-0.2, 0) is 71.9 Å². The van der Waals surface area contributed by atoms with Crippen molar-refractivity contribution in [1.29, 1.82) is 0 Å². The van der Waals surface area contributed by atoms with Crippen LogP contribution in [0.15, 0.2) is 12.7 Å². The van der Waals surface area contributed by atoms with Crippen LogP contribution < -0.4 is 65.1 Å². The molecule has 10 fully saturated rings. The number of ketones is 3. The number of amides is 18. The number of Topliss-reactive ketones (excluding diaryl/α,β-unsaturated/α-hetero) is 3. The molecule has 3 saturated heterocycles. The number of nitrogens with one attached hydrogen (secondary N) is 9. The highest BCUT2D eigenvalue weighted by Crippen LogP contribution is 2.67. The molecule has 3 heterocycles. The molecule has 0 bridgehead atoms. The summed E-state index contributed by atoms with van der Waals surface area (Å²) in [5, 5.41) is 25.0. The number of likely N-dealkylation sites (tertiary alicyclic amines) is 3. The van der Waals surface area contributed by atoms with E-state index in [9.17, 15) is 86.3 Å². The third-order valence-electron chi connectivity index (χ3n) is 29.6. The summed E-state index contributed by atoms with van der Waals surface area (Å²) in [5.74, 6) is -8.80. The molecule has 10 aliphatic rings. The molecular weight excluding hydrogens is 1680 g/mol. The topological polar surface area (TPSA) is 513 Å². The first-order chi connectivity index (χ1) is 60.4. The molecule has 0 spiro atoms. The third kappa shape index (κ3) is 25.6. The first kappa shape index (κ1) is 107. The Bertz CT molecular complexity index is 4350. The number of nitrogens with zero attached hydrogens (tertiary/aromatic N) is 6. The summed E-state index contributed by atoms with van der Waals surface area (Å²) < 4.78 is 0. The van der Waals surface area contributed by atoms with Gasteiger partial charge >= 0.3 is 18.1 Å². The van der Waals surface area contributed by atoms with E-state index in [2.05, 4.69) is 82.1 Å². The van der Waals surface area contributed by atoms with Crippen molar-refractivity contribution in [3.05, 3.63) is 12.7 Å². The number of carbonyl (C=O) groups is 18. The van der Waals surface area contributed by atoms with E-state index in [1.54, 1.807) is 37.0 Å². The lowest BCUT2D eigenvalue weighted by Gasteiger charge is -2.38. The van der Waals surface area contributed by atoms with Gasteiger partial charge in [0, 0.05) is 59.9 Å². The van der Waals surface area contributed by atoms with E-state index < -0.39 is 177 Å². The van der Waals surface area contributed by atoms with Crippen molar-refractivity contribution in [3.63, 3.8) is 0 Å². The van der Waals surface area contributed by atoms with Gasteiger partial charge in [0.05, 0.1) is 18.1 Å². The zero-order chi connectivity index (χ0) is 99.0. The summed E-state index contributed by atoms with van der Waals surface area (Å²) in [4.78, 5) is 245. The number of hydrogen-bond acceptors (Lipinski definition) is 18. The Labute approximate surface area is 774 Å². The molecule has 0 unspecified atom stereocenters. The average molecular weight is 1840 g/mol. The molecule has 10 rings (SSSR count). The standard InChI is InChI=1S/C32H52N6O6.C32H54N6O6.C31H50N6O6/c1-16(2)22(28(42)37(8)14-18-11-12-18)35-30(44)36-25(31(3,4)5)29(43)38-15-19-21(32(19,6)7)23(38)27(41)34-20(13-17-9-10-17)24(39)26(33)40;1-16(2)22(28(42)37(10)17(3)4)35-30(44)36-25(31(5,6)7)29(43)38-15-19-21(32(19,8)9)23(38)27(41)34-20(24(39)26(33)40)14-18-12-11-13-18;1-10-13-36(9)27(41)21(16(2)3)34-29(43)35-24(30(4,5)6)28(42)37-15-18-20(31(18,7)8)22(37)26(40)33-19(14-17-11-12-17)23(38)25(32)39/h16-23,25H,9-15H2,1-8H3,(H2,33,40)(H,34,41)(H2,35,36,44);16-23,25H,11-15H2,1-10H3,(H2,33,40)(H,34,41)(H2,35,36,44);10,16-22,24H,1,11-15H2,2-9H3,(H2,32,39)(H,33,40)(H2,34,35,43)/t2*19-,20-,21-,22-,23-,25+;18-,19-,20-,21-,22-,24+/m000/s1. The number of nitrogens with two attached hydrogens (primary N) is 3. The highest BCUT2D eigenvalue weighted by atomic mass is 16.2. The molecule has 131 heavy (non-hydrogen) atoms. The van der Waals surface area contributed by atoms with Crippen molar-refractivity contribution in [2.45, 2.75) is 315 Å². The van der Waals surface area contributed by atoms with Gasteiger partial charge in [-0.05, 0) is 155 Å². The van der Waals surface area contributed by atoms with E-state index in [1.807, 2.05) is 132 Å². The van der Waals surface area contributed by atoms with Gasteiger partial charge in [-0.1, -0.05) is 196 Å². The molecule has 18 atom stereocenters. The monoisotopic (exact) mass is 1840 g/mol. The number of primary amides is 3. The second-order valence-corrected chi connectivity index (χ2v) is 45.6. The number of rotatable bonds is 38. The van der Waals surface area contributed by atoms with Crippen molar-refractivity contribution < 1.29 is 86.3 Å². The molecular formula is C95H156N18O18. The lowest BCUT2D eigenvalue weighted by atomic mass is 9.80. The Kier molecular flexibility index (Phi) is 33.6. The van der Waals surface area contributed by atoms with Crippen LogP contribution in [0.4, 0.5) is 14.4 Å². The minimum Gasteiger partial charge on any atom is -0.363 e. The van der Waals surface area contributed by atoms with Gasteiger partial charge in [0.2, 0.25) is 70.5 Å². The summed E-state index contributed by atoms with van der Waals surface area (Å²) in [7, 11) is 5.05. The Morgan fingerprint density at radius 2 is 0.641 bits per heavy atom. The average Bonchev–Trinajstić information content (AvgIpc) is 1.53. The summed E-state index contributed by atoms with van der Waals surface area (Å²) in [6.45, 7) is 49.1. The predicted molar refractivity (Wildman–Crippen MR) is 491 cm³/mol. The molecule has 734 valence electrons. The van der Waals surface area contributed by atoms with Gasteiger partial charge < -0.3 is 94.5 Å². The van der Waals surface area contributed by atoms with Gasteiger partial charge in [0.15, 0.2) is 0 Å². The Hall–Kier alpha value is -9.80. The molecule has 0 radical (unpaired) electrons. The summed E-state index contributed by atoms with van der Waals surface area (Å²) in [6.07, 6.45) is 11.3. The summed E-state index contributed by atoms with van der Waals surface area (Å²) in [6, 6.07) is -13.2. The van der Waals surface area contributed by atoms with E-state index in [-0.39, 0.29) is 111 Å². The fourth-order valence-electron chi connectivity index (χ4n) is 19.8. The van der Waals surface area contributed by atoms with Crippen LogP contribution in [0.25, 0.3) is 0 Å². The van der Waals surface area contributed by atoms with Gasteiger partial charge in [-0.15, -0.1) is 6.58 Å². The van der Waals surface area contributed by atoms with Crippen molar-refractivity contribution >= 4 is 106 Å². The third-order valence-corrected chi connectivity index (χ3v) is 29.6. The molecule has 0 aromatic heterocycles. The quantitative estimate of drug-likeness (QED) is 0.0301. The fraction of sp³-hybridized carbons (Fsp3) is 0.789. The van der Waals surface area contributed by atoms with Gasteiger partial charge in [-0.3, -0.25) is 71.9 Å². The summed E-state index contributed by atoms with van der Waals surface area (Å²) in [5.41, 5.74) is 13.1. The van der Waals surface area contributed by atoms with Crippen LogP contribution in [0.2, 0.25) is 0 Å². The van der Waals surface area contributed by atoms with Gasteiger partial charge in [-0.25, -0.2) is 14.4 Å². The fourth-order valence-corrected chi connectivity index (χ4v) is 19.8. The van der Waals surface area contributed by atoms with Crippen molar-refractivity contribution in [3.8, 4) is 0 Å². The van der Waals surface area contributed by atoms with Crippen LogP contribution in [0, 0.1) is 109 Å². The maximum Gasteiger partial charge on any atom is 0.316 e. The molecule has 18 amide bonds. The van der Waals surface area contributed by atoms with Crippen molar-refractivity contribution in [2.75, 3.05) is 53.9 Å². The Morgan fingerprint density at radius 1 is 0.382 bits per heavy atom. The lowest BCUT2D eigenvalue weighted by molar-refractivity contribution is -0.145. The van der Waals surface area contributed by atoms with Crippen LogP contribution in [-0.4, -0.2) is 268 Å². The molecule has 36 nitrogen and oxygen atoms in total. The summed E-state index contributed by atoms with van der Waals surface area (Å²) >= 11 is 0. The highest BCUT2D eigenvalue weighted by Gasteiger charge is 2.73. The number of fused-ring (bicyclic) bond motifs is 3. The van der Waals surface area contributed by atoms with E-state index in [1.165, 1.54) is 19.6 Å². The molecule has 36 heteroatoms. The maximum absolute atomic E-state index is 14.2. The lowest BCUT2D eigenvalue weighted by Crippen LogP contribution is -2.62. The molecule has 7 saturated carbocycles. The maximum atomic E-state index is 14.2. The zero-order valence-electron chi connectivity index (χ0n) is 82.6. The Morgan fingerprint density at radius 3 is 0.863 bits per heavy atom. The van der Waals surface area contributed by atoms with E-state index >= 15 is 0 Å². The van der Waals surface area contributed by atoms with Crippen LogP contribution in [0.3, 0.4) is 0 Å². The Balaban J connectivity index is 0.000000242. The predicted octanol–water partition coefficient (Wildman–Crippen LogP) is 4.41. The normalized spacial score (nSPS) is 24.8. The SMILES string of the molecule is C=CCN(C)C(=O)[C@@H](NC(=O)N[C@H](C(=O)N1C[C@H]2[C@@H]([C@H]1C(=O)N[C@@H](CC1CC1)C(=O)C(N)=O)C2(C)C)C(C)(C)C)C(C)C.CC(C)[C@H](NC(=O)N[C@H](C(=O)N1C[C@H]2[C@@H]([C@H]1C(=O)N[C@@H](CC1CC1)C(=O)C(N)=O)C2(C)C)C(C)(C)C)C(=O)N(C)CC1CC1.CC(C)[C@H](NC(=O)N[C@H](C(=O)N1C[C@H]2[C@@H]([C@H]1C(=O)N[C@@H](CC1CCC1)C(=O)C(N)=O)C2(C)C)C(C)(C)C)C(=O)N(C)C(C)C. The van der Waals surface area contributed by atoms with Crippen LogP contribution in [0.1, 0.15) is 236 Å². The number of hydrogen-bond donors (Lipinski definition) is 12. The van der Waals surface area contributed by atoms with Crippen LogP contribution in [0.5, 0.6) is 0 Å². The molecule has 7 aliphatic carbocycles. The van der Waals surface area contributed by atoms with Crippen molar-refractivity contribution in [2.24, 2.45) is 127 Å². The molecule has 0 aromatic rings. The number of urea groups is 3. The first-order valence-corrected chi connectivity index (χ1v) is 47.3. The molecule has 0 aromatic carbocycles. The van der Waals surface area contributed by atoms with Gasteiger partial charge in [-0.2, -0.15) is 0 Å². The number of carbonyl (C=O) groups excluding carboxylic acids is 18. The second kappa shape index (κ2) is 41.4. The molecule has 15 N–H and O–H groups in total. The van der Waals surface area contributed by atoms with Gasteiger partial charge in [0.25, 0.3) is 17.7 Å². The molecule has 3 aliphatic heterocycles. The van der Waals surface area contributed by atoms with Crippen LogP contribution >= 0.6 is 0 Å². The van der Waals surface area contributed by atoms with E-state index in [0.29, 0.717) is 57.9 Å². The van der Waals surface area contributed by atoms with E-state index in [4.69, 9.17) is 17.2 Å². The number of likely N-dealkylation sites (N-methyl/N-ethyl adjacent to an activating group) is 3. The van der Waals surface area contributed by atoms with E-state index in [0.717, 1.165) is 57.8 Å². The highest BCUT2D eigenvalue weighted by molar-refractivity contribution is 6.39. The first-order valence-electron chi connectivity index (χ1n) is 47.3. The smallest absolute Gasteiger partial charge is 0.316 e. The minimum absolute atomic E-state index is 0.0574. The zero-order valence-corrected chi connectivity index (χ0v) is 82.6. The van der Waals surface area contributed by atoms with Crippen molar-refractivity contribution in [1.82, 2.24) is 77.3 Å². The largest absolute Gasteiger partial charge is 0.363 e. The second-order valence-electron chi connectivity index (χ2n) is 45.6. The minimum atomic E-state index is -1.10. The number of piperidine rings is 3. The van der Waals surface area contributed by atoms with Gasteiger partial charge in [0.1, 0.15) is 54.4 Å².